The van der Waals surface area contributed by atoms with E-state index in [0.717, 1.165) is 0 Å². The van der Waals surface area contributed by atoms with Gasteiger partial charge in [-0.15, -0.1) is 0 Å². The zero-order valence-corrected chi connectivity index (χ0v) is 7.03. The van der Waals surface area contributed by atoms with Crippen LogP contribution in [0.2, 0.25) is 0 Å². The first-order valence-corrected chi connectivity index (χ1v) is 3.87. The summed E-state index contributed by atoms with van der Waals surface area (Å²) in [4.78, 5) is 10.4. The van der Waals surface area contributed by atoms with Gasteiger partial charge in [0, 0.05) is 13.0 Å². The number of hydrogen-bond acceptors (Lipinski definition) is 4. The summed E-state index contributed by atoms with van der Waals surface area (Å²) in [5.41, 5.74) is 5.53. The summed E-state index contributed by atoms with van der Waals surface area (Å²) in [6, 6.07) is -0.0291. The summed E-state index contributed by atoms with van der Waals surface area (Å²) in [6.07, 6.45) is 3.54. The van der Waals surface area contributed by atoms with Gasteiger partial charge >= 0.3 is 5.97 Å². The van der Waals surface area contributed by atoms with Gasteiger partial charge in [-0.05, 0) is 0 Å². The van der Waals surface area contributed by atoms with Crippen molar-refractivity contribution < 1.29 is 14.3 Å². The molecular weight excluding hydrogens is 158 g/mol. The van der Waals surface area contributed by atoms with Crippen molar-refractivity contribution in [2.75, 3.05) is 13.2 Å². The van der Waals surface area contributed by atoms with E-state index in [-0.39, 0.29) is 24.7 Å². The Morgan fingerprint density at radius 2 is 2.50 bits per heavy atom. The van der Waals surface area contributed by atoms with Gasteiger partial charge in [-0.1, -0.05) is 12.2 Å². The lowest BCUT2D eigenvalue weighted by atomic mass is 10.2. The van der Waals surface area contributed by atoms with E-state index in [1.807, 2.05) is 12.2 Å². The topological polar surface area (TPSA) is 61.5 Å². The minimum Gasteiger partial charge on any atom is -0.463 e. The molecule has 0 aromatic rings. The Kier molecular flexibility index (Phi) is 3.25. The summed E-state index contributed by atoms with van der Waals surface area (Å²) >= 11 is 0. The van der Waals surface area contributed by atoms with Crippen LogP contribution in [-0.4, -0.2) is 31.3 Å². The number of ether oxygens (including phenoxy) is 2. The standard InChI is InChI=1S/C8H13NO3/c1-6(10)11-5-8-3-2-7(9)4-12-8/h2-3,7-8H,4-5,9H2,1H3/t7?,8-/m1/s1. The molecule has 1 aliphatic rings. The van der Waals surface area contributed by atoms with E-state index in [2.05, 4.69) is 0 Å². The van der Waals surface area contributed by atoms with Gasteiger partial charge in [0.2, 0.25) is 0 Å². The third-order valence-electron chi connectivity index (χ3n) is 1.53. The minimum atomic E-state index is -0.290. The summed E-state index contributed by atoms with van der Waals surface area (Å²) in [6.45, 7) is 2.14. The molecule has 4 nitrogen and oxygen atoms in total. The molecule has 0 saturated carbocycles. The van der Waals surface area contributed by atoms with Crippen molar-refractivity contribution in [1.29, 1.82) is 0 Å². The summed E-state index contributed by atoms with van der Waals surface area (Å²) < 4.78 is 10.0. The molecular formula is C8H13NO3. The molecule has 0 fully saturated rings. The molecule has 0 aromatic heterocycles. The highest BCUT2D eigenvalue weighted by molar-refractivity contribution is 5.65. The molecule has 0 aromatic carbocycles. The number of nitrogens with two attached hydrogens (primary N) is 1. The van der Waals surface area contributed by atoms with E-state index < -0.39 is 0 Å². The first-order chi connectivity index (χ1) is 5.68. The lowest BCUT2D eigenvalue weighted by Gasteiger charge is -2.20. The van der Waals surface area contributed by atoms with Crippen molar-refractivity contribution in [2.24, 2.45) is 5.73 Å². The normalized spacial score (nSPS) is 28.5. The third kappa shape index (κ3) is 3.02. The molecule has 0 radical (unpaired) electrons. The van der Waals surface area contributed by atoms with Crippen LogP contribution >= 0.6 is 0 Å². The second-order valence-corrected chi connectivity index (χ2v) is 2.72. The summed E-state index contributed by atoms with van der Waals surface area (Å²) in [7, 11) is 0. The van der Waals surface area contributed by atoms with Crippen LogP contribution in [0, 0.1) is 0 Å². The highest BCUT2D eigenvalue weighted by atomic mass is 16.6. The average Bonchev–Trinajstić information content (AvgIpc) is 2.03. The highest BCUT2D eigenvalue weighted by Crippen LogP contribution is 2.04. The molecule has 68 valence electrons. The van der Waals surface area contributed by atoms with Gasteiger partial charge in [0.15, 0.2) is 0 Å². The van der Waals surface area contributed by atoms with Crippen LogP contribution in [0.25, 0.3) is 0 Å². The number of hydrogen-bond donors (Lipinski definition) is 1. The van der Waals surface area contributed by atoms with Crippen molar-refractivity contribution >= 4 is 5.97 Å². The number of rotatable bonds is 2. The predicted molar refractivity (Wildman–Crippen MR) is 43.5 cm³/mol. The van der Waals surface area contributed by atoms with E-state index in [1.54, 1.807) is 0 Å². The molecule has 1 aliphatic heterocycles. The Morgan fingerprint density at radius 1 is 1.75 bits per heavy atom. The molecule has 0 bridgehead atoms. The fourth-order valence-corrected chi connectivity index (χ4v) is 0.916. The van der Waals surface area contributed by atoms with Gasteiger partial charge < -0.3 is 15.2 Å². The van der Waals surface area contributed by atoms with Crippen LogP contribution in [-0.2, 0) is 14.3 Å². The maximum Gasteiger partial charge on any atom is 0.302 e. The Morgan fingerprint density at radius 3 is 3.00 bits per heavy atom. The Labute approximate surface area is 71.3 Å². The maximum absolute atomic E-state index is 10.4. The maximum atomic E-state index is 10.4. The zero-order valence-electron chi connectivity index (χ0n) is 7.03. The van der Waals surface area contributed by atoms with Crippen LogP contribution in [0.4, 0.5) is 0 Å². The monoisotopic (exact) mass is 171 g/mol. The van der Waals surface area contributed by atoms with Crippen molar-refractivity contribution in [3.63, 3.8) is 0 Å². The SMILES string of the molecule is CC(=O)OC[C@H]1C=CC(N)CO1. The van der Waals surface area contributed by atoms with Crippen LogP contribution in [0.15, 0.2) is 12.2 Å². The van der Waals surface area contributed by atoms with Gasteiger partial charge in [-0.3, -0.25) is 4.79 Å². The molecule has 1 unspecified atom stereocenters. The van der Waals surface area contributed by atoms with Crippen LogP contribution in [0.3, 0.4) is 0 Å². The zero-order chi connectivity index (χ0) is 8.97. The summed E-state index contributed by atoms with van der Waals surface area (Å²) in [5, 5.41) is 0. The lowest BCUT2D eigenvalue weighted by molar-refractivity contribution is -0.144. The van der Waals surface area contributed by atoms with E-state index in [1.165, 1.54) is 6.92 Å². The molecule has 2 atom stereocenters. The molecule has 0 spiro atoms. The van der Waals surface area contributed by atoms with E-state index >= 15 is 0 Å². The van der Waals surface area contributed by atoms with Crippen LogP contribution in [0.5, 0.6) is 0 Å². The van der Waals surface area contributed by atoms with E-state index in [9.17, 15) is 4.79 Å². The molecule has 4 heteroatoms. The molecule has 0 saturated heterocycles. The van der Waals surface area contributed by atoms with Gasteiger partial charge in [-0.2, -0.15) is 0 Å². The number of esters is 1. The van der Waals surface area contributed by atoms with Gasteiger partial charge in [-0.25, -0.2) is 0 Å². The number of carbonyl (C=O) groups excluding carboxylic acids is 1. The van der Waals surface area contributed by atoms with E-state index in [0.29, 0.717) is 6.61 Å². The van der Waals surface area contributed by atoms with Crippen LogP contribution < -0.4 is 5.73 Å². The quantitative estimate of drug-likeness (QED) is 0.463. The number of carbonyl (C=O) groups is 1. The van der Waals surface area contributed by atoms with Gasteiger partial charge in [0.05, 0.1) is 6.61 Å². The fraction of sp³-hybridized carbons (Fsp3) is 0.625. The molecule has 1 heterocycles. The smallest absolute Gasteiger partial charge is 0.302 e. The summed E-state index contributed by atoms with van der Waals surface area (Å²) in [5.74, 6) is -0.290. The Bertz CT molecular complexity index is 191. The predicted octanol–water partition coefficient (Wildman–Crippen LogP) is -0.168. The van der Waals surface area contributed by atoms with E-state index in [4.69, 9.17) is 15.2 Å². The van der Waals surface area contributed by atoms with Gasteiger partial charge in [0.25, 0.3) is 0 Å². The van der Waals surface area contributed by atoms with Crippen molar-refractivity contribution in [1.82, 2.24) is 0 Å². The lowest BCUT2D eigenvalue weighted by Crippen LogP contribution is -2.33. The van der Waals surface area contributed by atoms with Gasteiger partial charge in [0.1, 0.15) is 12.7 Å². The first-order valence-electron chi connectivity index (χ1n) is 3.87. The minimum absolute atomic E-state index is 0.0291. The highest BCUT2D eigenvalue weighted by Gasteiger charge is 2.13. The second-order valence-electron chi connectivity index (χ2n) is 2.72. The first kappa shape index (κ1) is 9.22. The molecule has 1 rings (SSSR count). The van der Waals surface area contributed by atoms with Crippen molar-refractivity contribution in [3.8, 4) is 0 Å². The Hall–Kier alpha value is -0.870. The third-order valence-corrected chi connectivity index (χ3v) is 1.53. The second kappa shape index (κ2) is 4.23. The molecule has 0 aliphatic carbocycles. The van der Waals surface area contributed by atoms with Crippen molar-refractivity contribution in [3.05, 3.63) is 12.2 Å². The van der Waals surface area contributed by atoms with Crippen molar-refractivity contribution in [2.45, 2.75) is 19.1 Å². The molecule has 12 heavy (non-hydrogen) atoms. The largest absolute Gasteiger partial charge is 0.463 e. The average molecular weight is 171 g/mol. The fourth-order valence-electron chi connectivity index (χ4n) is 0.916. The Balaban J connectivity index is 2.26. The molecule has 0 amide bonds. The molecule has 2 N–H and O–H groups in total. The van der Waals surface area contributed by atoms with Crippen LogP contribution in [0.1, 0.15) is 6.92 Å².